The lowest BCUT2D eigenvalue weighted by Crippen LogP contribution is -2.10. The van der Waals surface area contributed by atoms with E-state index in [0.29, 0.717) is 56.1 Å². The van der Waals surface area contributed by atoms with E-state index in [0.717, 1.165) is 47.5 Å². The first-order valence-electron chi connectivity index (χ1n) is 16.2. The van der Waals surface area contributed by atoms with Crippen LogP contribution in [0.2, 0.25) is 0 Å². The molecule has 2 heterocycles. The van der Waals surface area contributed by atoms with Gasteiger partial charge < -0.3 is 23.7 Å². The van der Waals surface area contributed by atoms with Crippen molar-refractivity contribution in [3.63, 3.8) is 0 Å². The van der Waals surface area contributed by atoms with Crippen LogP contribution in [-0.2, 0) is 9.53 Å². The summed E-state index contributed by atoms with van der Waals surface area (Å²) in [6.07, 6.45) is 4.63. The number of methoxy groups -OCH3 is 1. The Balaban J connectivity index is 1.17. The lowest BCUT2D eigenvalue weighted by Gasteiger charge is -2.10. The molecule has 0 fully saturated rings. The second-order valence-electron chi connectivity index (χ2n) is 11.4. The Hall–Kier alpha value is -5.59. The van der Waals surface area contributed by atoms with Gasteiger partial charge in [0.25, 0.3) is 0 Å². The molecule has 0 unspecified atom stereocenters. The number of esters is 3. The Morgan fingerprint density at radius 2 is 1.31 bits per heavy atom. The van der Waals surface area contributed by atoms with E-state index >= 15 is 0 Å². The van der Waals surface area contributed by atoms with E-state index < -0.39 is 17.9 Å². The number of hydrogen-bond donors (Lipinski definition) is 0. The van der Waals surface area contributed by atoms with E-state index in [1.165, 1.54) is 22.7 Å². The number of fused-ring (bicyclic) bond motifs is 2. The molecule has 0 bridgehead atoms. The number of rotatable bonds is 15. The molecular formula is C39H34N2O8S2. The Bertz CT molecular complexity index is 2190. The maximum Gasteiger partial charge on any atom is 0.343 e. The fourth-order valence-electron chi connectivity index (χ4n) is 5.10. The fraction of sp³-hybridized carbons (Fsp3) is 0.205. The van der Waals surface area contributed by atoms with Crippen molar-refractivity contribution in [3.05, 3.63) is 108 Å². The first-order valence-corrected chi connectivity index (χ1v) is 17.9. The third-order valence-corrected chi connectivity index (χ3v) is 10.2. The van der Waals surface area contributed by atoms with Crippen molar-refractivity contribution in [2.75, 3.05) is 20.3 Å². The van der Waals surface area contributed by atoms with Crippen molar-refractivity contribution in [1.29, 1.82) is 0 Å². The number of carbonyl (C=O) groups is 3. The highest BCUT2D eigenvalue weighted by Crippen LogP contribution is 2.43. The Labute approximate surface area is 302 Å². The average Bonchev–Trinajstić information content (AvgIpc) is 3.80. The van der Waals surface area contributed by atoms with Crippen molar-refractivity contribution < 1.29 is 38.1 Å². The number of benzene rings is 4. The summed E-state index contributed by atoms with van der Waals surface area (Å²) in [6.45, 7) is 6.31. The van der Waals surface area contributed by atoms with E-state index in [9.17, 15) is 14.4 Å². The van der Waals surface area contributed by atoms with Gasteiger partial charge in [-0.1, -0.05) is 18.7 Å². The molecule has 0 aliphatic heterocycles. The van der Waals surface area contributed by atoms with E-state index in [1.54, 1.807) is 67.8 Å². The highest BCUT2D eigenvalue weighted by atomic mass is 32.1. The van der Waals surface area contributed by atoms with Crippen LogP contribution in [0.4, 0.5) is 0 Å². The molecule has 260 valence electrons. The van der Waals surface area contributed by atoms with Crippen LogP contribution in [0.5, 0.6) is 23.0 Å². The summed E-state index contributed by atoms with van der Waals surface area (Å²) in [5.74, 6) is 0.217. The smallest absolute Gasteiger partial charge is 0.343 e. The minimum Gasteiger partial charge on any atom is -0.497 e. The van der Waals surface area contributed by atoms with E-state index in [4.69, 9.17) is 33.7 Å². The lowest BCUT2D eigenvalue weighted by atomic mass is 10.2. The van der Waals surface area contributed by atoms with Crippen LogP contribution in [0.15, 0.2) is 91.5 Å². The van der Waals surface area contributed by atoms with Crippen LogP contribution in [0.3, 0.4) is 0 Å². The third-order valence-electron chi connectivity index (χ3n) is 7.80. The van der Waals surface area contributed by atoms with Crippen LogP contribution < -0.4 is 18.9 Å². The van der Waals surface area contributed by atoms with Crippen LogP contribution in [0, 0.1) is 6.92 Å². The van der Waals surface area contributed by atoms with Gasteiger partial charge in [-0.05, 0) is 105 Å². The molecule has 0 radical (unpaired) electrons. The quantitative estimate of drug-likeness (QED) is 0.0439. The van der Waals surface area contributed by atoms with Crippen LogP contribution in [0.25, 0.3) is 30.4 Å². The number of carbonyl (C=O) groups excluding carboxylic acids is 3. The molecule has 0 N–H and O–H groups in total. The fourth-order valence-corrected chi connectivity index (χ4v) is 7.19. The molecule has 4 aromatic carbocycles. The van der Waals surface area contributed by atoms with Crippen LogP contribution in [-0.4, -0.2) is 48.2 Å². The summed E-state index contributed by atoms with van der Waals surface area (Å²) >= 11 is 2.83. The van der Waals surface area contributed by atoms with Gasteiger partial charge in [-0.2, -0.15) is 0 Å². The molecule has 0 atom stereocenters. The van der Waals surface area contributed by atoms with Gasteiger partial charge in [0.15, 0.2) is 21.5 Å². The maximum atomic E-state index is 13.3. The SMILES string of the molecule is C=CC(=O)OCCCCCCOc1ccc(C(=O)Oc2ccc(OC(=O)c3ccc(OC)cc3)c3nc(-c4nc5cccc(C)c5s4)sc23)cc1. The molecule has 10 nitrogen and oxygen atoms in total. The second kappa shape index (κ2) is 16.4. The van der Waals surface area contributed by atoms with Gasteiger partial charge in [0.1, 0.15) is 21.7 Å². The number of aromatic nitrogens is 2. The van der Waals surface area contributed by atoms with E-state index in [-0.39, 0.29) is 11.5 Å². The molecular weight excluding hydrogens is 689 g/mol. The first-order chi connectivity index (χ1) is 24.8. The minimum atomic E-state index is -0.567. The number of aryl methyl sites for hydroxylation is 1. The normalized spacial score (nSPS) is 10.9. The van der Waals surface area contributed by atoms with Gasteiger partial charge in [0, 0.05) is 6.08 Å². The zero-order chi connectivity index (χ0) is 35.7. The number of hydrogen-bond acceptors (Lipinski definition) is 12. The Morgan fingerprint density at radius 1 is 0.706 bits per heavy atom. The molecule has 0 saturated carbocycles. The molecule has 12 heteroatoms. The van der Waals surface area contributed by atoms with Crippen molar-refractivity contribution in [1.82, 2.24) is 9.97 Å². The summed E-state index contributed by atoms with van der Waals surface area (Å²) in [7, 11) is 1.55. The predicted molar refractivity (Wildman–Crippen MR) is 197 cm³/mol. The number of nitrogens with zero attached hydrogens (tertiary/aromatic N) is 2. The third kappa shape index (κ3) is 8.59. The van der Waals surface area contributed by atoms with Gasteiger partial charge in [-0.25, -0.2) is 24.4 Å². The van der Waals surface area contributed by atoms with Crippen LogP contribution in [0.1, 0.15) is 52.0 Å². The highest BCUT2D eigenvalue weighted by molar-refractivity contribution is 7.28. The summed E-state index contributed by atoms with van der Waals surface area (Å²) in [6, 6.07) is 22.5. The molecule has 0 amide bonds. The van der Waals surface area contributed by atoms with E-state index in [2.05, 4.69) is 6.58 Å². The van der Waals surface area contributed by atoms with E-state index in [1.807, 2.05) is 25.1 Å². The molecule has 51 heavy (non-hydrogen) atoms. The molecule has 2 aromatic heterocycles. The number of unbranched alkanes of at least 4 members (excludes halogenated alkanes) is 3. The minimum absolute atomic E-state index is 0.225. The second-order valence-corrected chi connectivity index (χ2v) is 13.4. The standard InChI is InChI=1S/C39H34N2O8S2/c1-4-32(42)47-23-8-6-5-7-22-46-28-18-14-26(15-19-28)39(44)49-31-21-20-30(48-38(43)25-12-16-27(45-3)17-13-25)33-35(31)51-37(41-33)36-40-29-11-9-10-24(2)34(29)50-36/h4,9-21H,1,5-8,22-23H2,2-3H3. The predicted octanol–water partition coefficient (Wildman–Crippen LogP) is 9.00. The van der Waals surface area contributed by atoms with Gasteiger partial charge >= 0.3 is 17.9 Å². The van der Waals surface area contributed by atoms with Gasteiger partial charge in [0.2, 0.25) is 0 Å². The maximum absolute atomic E-state index is 13.3. The molecule has 0 saturated heterocycles. The molecule has 6 aromatic rings. The van der Waals surface area contributed by atoms with Crippen molar-refractivity contribution in [3.8, 4) is 33.0 Å². The Kier molecular flexibility index (Phi) is 11.3. The van der Waals surface area contributed by atoms with Crippen molar-refractivity contribution in [2.24, 2.45) is 0 Å². The average molecular weight is 723 g/mol. The largest absolute Gasteiger partial charge is 0.497 e. The zero-order valence-electron chi connectivity index (χ0n) is 28.0. The molecule has 0 aliphatic carbocycles. The monoisotopic (exact) mass is 722 g/mol. The summed E-state index contributed by atoms with van der Waals surface area (Å²) in [5.41, 5.74) is 3.03. The van der Waals surface area contributed by atoms with Gasteiger partial charge in [0.05, 0.1) is 41.7 Å². The molecule has 6 rings (SSSR count). The summed E-state index contributed by atoms with van der Waals surface area (Å²) in [4.78, 5) is 47.2. The zero-order valence-corrected chi connectivity index (χ0v) is 29.6. The first kappa shape index (κ1) is 35.2. The summed E-state index contributed by atoms with van der Waals surface area (Å²) in [5, 5.41) is 1.31. The Morgan fingerprint density at radius 3 is 1.98 bits per heavy atom. The highest BCUT2D eigenvalue weighted by Gasteiger charge is 2.22. The number of ether oxygens (including phenoxy) is 5. The molecule has 0 spiro atoms. The number of thiazole rings is 2. The summed E-state index contributed by atoms with van der Waals surface area (Å²) < 4.78 is 29.3. The van der Waals surface area contributed by atoms with Crippen LogP contribution >= 0.6 is 22.7 Å². The van der Waals surface area contributed by atoms with Crippen molar-refractivity contribution >= 4 is 61.0 Å². The lowest BCUT2D eigenvalue weighted by molar-refractivity contribution is -0.137. The molecule has 0 aliphatic rings. The van der Waals surface area contributed by atoms with Gasteiger partial charge in [-0.3, -0.25) is 0 Å². The van der Waals surface area contributed by atoms with Gasteiger partial charge in [-0.15, -0.1) is 22.7 Å². The topological polar surface area (TPSA) is 123 Å². The van der Waals surface area contributed by atoms with Crippen molar-refractivity contribution in [2.45, 2.75) is 32.6 Å².